The summed E-state index contributed by atoms with van der Waals surface area (Å²) in [4.78, 5) is 44.0. The van der Waals surface area contributed by atoms with Gasteiger partial charge in [-0.05, 0) is 57.5 Å². The molecule has 1 aliphatic rings. The number of benzene rings is 1. The van der Waals surface area contributed by atoms with Crippen LogP contribution in [0.25, 0.3) is 10.9 Å². The van der Waals surface area contributed by atoms with Crippen LogP contribution in [0, 0.1) is 23.2 Å². The fraction of sp³-hybridized carbons (Fsp3) is 0.485. The lowest BCUT2D eigenvalue weighted by Gasteiger charge is -2.38. The third-order valence-corrected chi connectivity index (χ3v) is 7.97. The van der Waals surface area contributed by atoms with Gasteiger partial charge >= 0.3 is 6.09 Å². The number of alkyl halides is 1. The van der Waals surface area contributed by atoms with Crippen molar-refractivity contribution in [3.63, 3.8) is 0 Å². The average molecular weight is 670 g/mol. The monoisotopic (exact) mass is 669 g/mol. The molecule has 3 heterocycles. The molecule has 4 rings (SSSR count). The van der Waals surface area contributed by atoms with Crippen molar-refractivity contribution >= 4 is 51.8 Å². The number of aryl methyl sites for hydroxylation is 1. The zero-order valence-electron chi connectivity index (χ0n) is 27.4. The molecule has 1 saturated heterocycles. The molecule has 2 atom stereocenters. The van der Waals surface area contributed by atoms with Crippen molar-refractivity contribution in [2.45, 2.75) is 59.3 Å². The number of ether oxygens (including phenoxy) is 2. The molecule has 0 bridgehead atoms. The van der Waals surface area contributed by atoms with Crippen molar-refractivity contribution in [3.8, 4) is 11.8 Å². The maximum absolute atomic E-state index is 14.5. The number of pyridine rings is 2. The molecule has 3 N–H and O–H groups in total. The number of nitrogens with one attached hydrogen (secondary N) is 3. The summed E-state index contributed by atoms with van der Waals surface area (Å²) in [5, 5.41) is 19.0. The smallest absolute Gasteiger partial charge is 0.407 e. The molecule has 2 amide bonds. The molecule has 1 aromatic carbocycles. The highest BCUT2D eigenvalue weighted by Gasteiger charge is 2.33. The summed E-state index contributed by atoms with van der Waals surface area (Å²) in [6.45, 7) is 9.96. The maximum atomic E-state index is 14.5. The average Bonchev–Trinajstić information content (AvgIpc) is 3.01. The van der Waals surface area contributed by atoms with E-state index >= 15 is 0 Å². The number of nitrogens with zero attached hydrogens (tertiary/aromatic N) is 4. The number of piperidine rings is 1. The highest BCUT2D eigenvalue weighted by atomic mass is 35.5. The van der Waals surface area contributed by atoms with Gasteiger partial charge in [0.1, 0.15) is 18.1 Å². The van der Waals surface area contributed by atoms with Gasteiger partial charge in [-0.15, -0.1) is 0 Å². The van der Waals surface area contributed by atoms with E-state index in [1.807, 2.05) is 39.5 Å². The number of anilines is 3. The van der Waals surface area contributed by atoms with Crippen LogP contribution in [0.1, 0.15) is 46.6 Å². The number of fused-ring (bicyclic) bond motifs is 1. The number of alkyl carbamates (subject to hydrolysis) is 1. The maximum Gasteiger partial charge on any atom is 0.407 e. The highest BCUT2D eigenvalue weighted by molar-refractivity contribution is 6.33. The summed E-state index contributed by atoms with van der Waals surface area (Å²) < 4.78 is 26.9. The topological polar surface area (TPSA) is 151 Å². The van der Waals surface area contributed by atoms with Crippen LogP contribution in [0.4, 0.5) is 26.5 Å². The Bertz CT molecular complexity index is 1720. The Morgan fingerprint density at radius 1 is 1.17 bits per heavy atom. The Kier molecular flexibility index (Phi) is 11.2. The molecule has 12 nitrogen and oxygen atoms in total. The minimum atomic E-state index is -0.942. The van der Waals surface area contributed by atoms with Crippen LogP contribution in [0.2, 0.25) is 5.02 Å². The van der Waals surface area contributed by atoms with Crippen LogP contribution in [0.15, 0.2) is 35.1 Å². The molecule has 2 aromatic heterocycles. The van der Waals surface area contributed by atoms with Gasteiger partial charge in [0.2, 0.25) is 0 Å². The van der Waals surface area contributed by atoms with Gasteiger partial charge < -0.3 is 34.9 Å². The summed E-state index contributed by atoms with van der Waals surface area (Å²) in [5.74, 6) is -0.170. The standard InChI is InChI=1S/C33H41ClFN7O5/c1-19-16-41(17-20(2)28(19)35)30-22(15-36)13-24(34)29(39-30)38-23-8-9-25-21(12-23)14-26(47-18-27(43)37-6)31(44)42(25)10-7-11-46-32(45)40-33(3,4)5/h8-9,12-14,19-20,28H,7,10-11,16-18H2,1-6H3,(H,37,43)(H,38,39)(H,40,45). The molecule has 2 unspecified atom stereocenters. The van der Waals surface area contributed by atoms with E-state index in [0.29, 0.717) is 47.7 Å². The quantitative estimate of drug-likeness (QED) is 0.250. The Morgan fingerprint density at radius 3 is 2.51 bits per heavy atom. The molecule has 3 aromatic rings. The number of rotatable bonds is 10. The third-order valence-electron chi connectivity index (χ3n) is 7.68. The molecule has 0 aliphatic carbocycles. The minimum Gasteiger partial charge on any atom is -0.478 e. The fourth-order valence-electron chi connectivity index (χ4n) is 5.44. The van der Waals surface area contributed by atoms with E-state index in [-0.39, 0.29) is 47.9 Å². The lowest BCUT2D eigenvalue weighted by molar-refractivity contribution is -0.122. The van der Waals surface area contributed by atoms with Crippen LogP contribution in [0.3, 0.4) is 0 Å². The predicted molar refractivity (Wildman–Crippen MR) is 179 cm³/mol. The molecular formula is C33H41ClFN7O5. The number of aromatic nitrogens is 2. The number of carbonyl (C=O) groups is 2. The second-order valence-electron chi connectivity index (χ2n) is 12.8. The van der Waals surface area contributed by atoms with Gasteiger partial charge in [0.25, 0.3) is 11.5 Å². The van der Waals surface area contributed by atoms with Gasteiger partial charge in [0, 0.05) is 55.1 Å². The number of amides is 2. The van der Waals surface area contributed by atoms with Crippen molar-refractivity contribution in [1.82, 2.24) is 20.2 Å². The first kappa shape index (κ1) is 35.3. The molecule has 252 valence electrons. The second kappa shape index (κ2) is 14.9. The van der Waals surface area contributed by atoms with Crippen molar-refractivity contribution < 1.29 is 23.5 Å². The van der Waals surface area contributed by atoms with Gasteiger partial charge in [-0.3, -0.25) is 9.59 Å². The zero-order chi connectivity index (χ0) is 34.5. The van der Waals surface area contributed by atoms with Crippen molar-refractivity contribution in [3.05, 3.63) is 51.3 Å². The summed E-state index contributed by atoms with van der Waals surface area (Å²) in [6, 6.07) is 10.5. The van der Waals surface area contributed by atoms with Gasteiger partial charge in [-0.1, -0.05) is 25.4 Å². The van der Waals surface area contributed by atoms with Crippen LogP contribution in [0.5, 0.6) is 5.75 Å². The number of carbonyl (C=O) groups excluding carboxylic acids is 2. The minimum absolute atomic E-state index is 0.0269. The van der Waals surface area contributed by atoms with Crippen molar-refractivity contribution in [2.75, 3.05) is 43.6 Å². The number of hydrogen-bond acceptors (Lipinski definition) is 9. The molecule has 47 heavy (non-hydrogen) atoms. The lowest BCUT2D eigenvalue weighted by atomic mass is 9.89. The number of hydrogen-bond donors (Lipinski definition) is 3. The van der Waals surface area contributed by atoms with E-state index in [2.05, 4.69) is 22.0 Å². The molecular weight excluding hydrogens is 629 g/mol. The van der Waals surface area contributed by atoms with E-state index < -0.39 is 29.3 Å². The van der Waals surface area contributed by atoms with E-state index in [4.69, 9.17) is 26.1 Å². The van der Waals surface area contributed by atoms with Gasteiger partial charge in [0.15, 0.2) is 18.2 Å². The first-order valence-electron chi connectivity index (χ1n) is 15.4. The number of nitriles is 1. The number of likely N-dealkylation sites (N-methyl/N-ethyl adjacent to an activating group) is 1. The Balaban J connectivity index is 1.64. The van der Waals surface area contributed by atoms with Crippen LogP contribution in [-0.2, 0) is 16.1 Å². The molecule has 0 spiro atoms. The summed E-state index contributed by atoms with van der Waals surface area (Å²) in [6.07, 6.45) is -1.15. The number of halogens is 2. The molecule has 1 fully saturated rings. The van der Waals surface area contributed by atoms with E-state index in [1.54, 1.807) is 24.3 Å². The fourth-order valence-corrected chi connectivity index (χ4v) is 5.64. The van der Waals surface area contributed by atoms with Crippen LogP contribution in [-0.4, -0.2) is 66.6 Å². The zero-order valence-corrected chi connectivity index (χ0v) is 28.2. The van der Waals surface area contributed by atoms with Gasteiger partial charge in [-0.25, -0.2) is 14.2 Å². The van der Waals surface area contributed by atoms with E-state index in [1.165, 1.54) is 17.7 Å². The van der Waals surface area contributed by atoms with Crippen LogP contribution < -0.4 is 31.1 Å². The summed E-state index contributed by atoms with van der Waals surface area (Å²) >= 11 is 6.55. The van der Waals surface area contributed by atoms with E-state index in [9.17, 15) is 24.0 Å². The molecule has 14 heteroatoms. The first-order chi connectivity index (χ1) is 22.2. The SMILES string of the molecule is CNC(=O)COc1cc2cc(Nc3nc(N4CC(C)C(F)C(C)C4)c(C#N)cc3Cl)ccc2n(CCCOC(=O)NC(C)(C)C)c1=O. The van der Waals surface area contributed by atoms with Gasteiger partial charge in [-0.2, -0.15) is 5.26 Å². The first-order valence-corrected chi connectivity index (χ1v) is 15.8. The Morgan fingerprint density at radius 2 is 1.87 bits per heavy atom. The molecule has 0 saturated carbocycles. The van der Waals surface area contributed by atoms with Crippen molar-refractivity contribution in [1.29, 1.82) is 5.26 Å². The van der Waals surface area contributed by atoms with Crippen LogP contribution >= 0.6 is 11.6 Å². The highest BCUT2D eigenvalue weighted by Crippen LogP contribution is 2.34. The second-order valence-corrected chi connectivity index (χ2v) is 13.2. The third kappa shape index (κ3) is 8.83. The van der Waals surface area contributed by atoms with E-state index in [0.717, 1.165) is 0 Å². The summed E-state index contributed by atoms with van der Waals surface area (Å²) in [7, 11) is 1.47. The molecule has 0 radical (unpaired) electrons. The van der Waals surface area contributed by atoms with Crippen molar-refractivity contribution in [2.24, 2.45) is 11.8 Å². The largest absolute Gasteiger partial charge is 0.478 e. The van der Waals surface area contributed by atoms with Gasteiger partial charge in [0.05, 0.1) is 22.7 Å². The Labute approximate surface area is 278 Å². The Hall–Kier alpha value is -4.57. The summed E-state index contributed by atoms with van der Waals surface area (Å²) in [5.41, 5.74) is 0.565. The normalized spacial score (nSPS) is 17.9. The lowest BCUT2D eigenvalue weighted by Crippen LogP contribution is -2.46. The predicted octanol–water partition coefficient (Wildman–Crippen LogP) is 5.14. The molecule has 1 aliphatic heterocycles.